The summed E-state index contributed by atoms with van der Waals surface area (Å²) in [5, 5.41) is 4.80. The van der Waals surface area contributed by atoms with Gasteiger partial charge in [0.05, 0.1) is 6.54 Å². The predicted molar refractivity (Wildman–Crippen MR) is 63.4 cm³/mol. The molecule has 1 unspecified atom stereocenters. The van der Waals surface area contributed by atoms with E-state index in [0.717, 1.165) is 0 Å². The third-order valence-electron chi connectivity index (χ3n) is 3.52. The first-order chi connectivity index (χ1) is 9.00. The van der Waals surface area contributed by atoms with Crippen molar-refractivity contribution in [2.24, 2.45) is 0 Å². The Labute approximate surface area is 108 Å². The highest BCUT2D eigenvalue weighted by atomic mass is 16.3. The number of carbonyl (C=O) groups excluding carboxylic acids is 3. The van der Waals surface area contributed by atoms with E-state index in [1.807, 2.05) is 0 Å². The molecule has 0 aromatic carbocycles. The van der Waals surface area contributed by atoms with E-state index in [1.165, 1.54) is 4.90 Å². The fourth-order valence-electron chi connectivity index (χ4n) is 2.50. The SMILES string of the molecule is Cc1ccc(C(=O)N2CCC3(C2)NC(=O)NC3=O)o1. The Bertz CT molecular complexity index is 579. The van der Waals surface area contributed by atoms with Crippen LogP contribution in [0.25, 0.3) is 0 Å². The first kappa shape index (κ1) is 11.8. The van der Waals surface area contributed by atoms with Gasteiger partial charge < -0.3 is 14.6 Å². The van der Waals surface area contributed by atoms with Crippen LogP contribution in [0.5, 0.6) is 0 Å². The Hall–Kier alpha value is -2.31. The summed E-state index contributed by atoms with van der Waals surface area (Å²) in [7, 11) is 0. The summed E-state index contributed by atoms with van der Waals surface area (Å²) in [5.41, 5.74) is -0.978. The normalized spacial score (nSPS) is 25.8. The Morgan fingerprint density at radius 2 is 2.21 bits per heavy atom. The topological polar surface area (TPSA) is 91.7 Å². The van der Waals surface area contributed by atoms with Gasteiger partial charge in [-0.15, -0.1) is 0 Å². The van der Waals surface area contributed by atoms with Gasteiger partial charge >= 0.3 is 6.03 Å². The Morgan fingerprint density at radius 3 is 2.79 bits per heavy atom. The molecule has 2 saturated heterocycles. The minimum Gasteiger partial charge on any atom is -0.456 e. The third kappa shape index (κ3) is 1.78. The van der Waals surface area contributed by atoms with E-state index in [-0.39, 0.29) is 24.1 Å². The Morgan fingerprint density at radius 1 is 1.42 bits per heavy atom. The molecule has 2 aliphatic heterocycles. The number of hydrogen-bond acceptors (Lipinski definition) is 4. The molecular weight excluding hydrogens is 250 g/mol. The highest BCUT2D eigenvalue weighted by molar-refractivity contribution is 6.08. The van der Waals surface area contributed by atoms with Crippen LogP contribution in [-0.4, -0.2) is 41.4 Å². The average molecular weight is 263 g/mol. The minimum absolute atomic E-state index is 0.170. The van der Waals surface area contributed by atoms with E-state index in [9.17, 15) is 14.4 Å². The summed E-state index contributed by atoms with van der Waals surface area (Å²) < 4.78 is 5.28. The van der Waals surface area contributed by atoms with Crippen LogP contribution in [-0.2, 0) is 4.79 Å². The van der Waals surface area contributed by atoms with Gasteiger partial charge in [0.1, 0.15) is 11.3 Å². The standard InChI is InChI=1S/C12H13N3O4/c1-7-2-3-8(19-7)9(16)15-5-4-12(6-15)10(17)13-11(18)14-12/h2-3H,4-6H2,1H3,(H2,13,14,17,18). The van der Waals surface area contributed by atoms with Crippen LogP contribution < -0.4 is 10.6 Å². The lowest BCUT2D eigenvalue weighted by Gasteiger charge is -2.20. The van der Waals surface area contributed by atoms with E-state index in [1.54, 1.807) is 19.1 Å². The molecule has 4 amide bonds. The van der Waals surface area contributed by atoms with E-state index in [4.69, 9.17) is 4.42 Å². The number of carbonyl (C=O) groups is 3. The number of likely N-dealkylation sites (tertiary alicyclic amines) is 1. The molecule has 100 valence electrons. The van der Waals surface area contributed by atoms with Crippen LogP contribution in [0.4, 0.5) is 4.79 Å². The fraction of sp³-hybridized carbons (Fsp3) is 0.417. The smallest absolute Gasteiger partial charge is 0.322 e. The van der Waals surface area contributed by atoms with Crippen molar-refractivity contribution in [2.75, 3.05) is 13.1 Å². The zero-order valence-corrected chi connectivity index (χ0v) is 10.4. The maximum atomic E-state index is 12.2. The van der Waals surface area contributed by atoms with Gasteiger partial charge in [-0.25, -0.2) is 4.79 Å². The number of imide groups is 1. The van der Waals surface area contributed by atoms with Crippen molar-refractivity contribution in [3.8, 4) is 0 Å². The number of nitrogens with zero attached hydrogens (tertiary/aromatic N) is 1. The van der Waals surface area contributed by atoms with Crippen LogP contribution in [0.2, 0.25) is 0 Å². The van der Waals surface area contributed by atoms with Crippen LogP contribution in [0.3, 0.4) is 0 Å². The molecule has 2 aliphatic rings. The summed E-state index contributed by atoms with van der Waals surface area (Å²) >= 11 is 0. The van der Waals surface area contributed by atoms with Gasteiger partial charge in [0, 0.05) is 6.54 Å². The van der Waals surface area contributed by atoms with Crippen LogP contribution >= 0.6 is 0 Å². The zero-order chi connectivity index (χ0) is 13.6. The van der Waals surface area contributed by atoms with Crippen molar-refractivity contribution >= 4 is 17.8 Å². The van der Waals surface area contributed by atoms with Crippen molar-refractivity contribution in [2.45, 2.75) is 18.9 Å². The van der Waals surface area contributed by atoms with Gasteiger partial charge in [-0.3, -0.25) is 14.9 Å². The van der Waals surface area contributed by atoms with Crippen molar-refractivity contribution < 1.29 is 18.8 Å². The Kier molecular flexibility index (Phi) is 2.38. The molecule has 0 radical (unpaired) electrons. The van der Waals surface area contributed by atoms with E-state index >= 15 is 0 Å². The van der Waals surface area contributed by atoms with Crippen LogP contribution in [0.1, 0.15) is 22.7 Å². The first-order valence-electron chi connectivity index (χ1n) is 5.99. The molecule has 0 aliphatic carbocycles. The average Bonchev–Trinajstić information content (AvgIpc) is 3.01. The molecule has 2 fully saturated rings. The molecule has 3 heterocycles. The molecular formula is C12H13N3O4. The fourth-order valence-corrected chi connectivity index (χ4v) is 2.50. The monoisotopic (exact) mass is 263 g/mol. The summed E-state index contributed by atoms with van der Waals surface area (Å²) in [5.74, 6) is 0.269. The molecule has 19 heavy (non-hydrogen) atoms. The number of hydrogen-bond donors (Lipinski definition) is 2. The zero-order valence-electron chi connectivity index (χ0n) is 10.4. The predicted octanol–water partition coefficient (Wildman–Crippen LogP) is 0.0121. The van der Waals surface area contributed by atoms with Crippen molar-refractivity contribution in [3.63, 3.8) is 0 Å². The molecule has 1 aromatic rings. The lowest BCUT2D eigenvalue weighted by molar-refractivity contribution is -0.123. The highest BCUT2D eigenvalue weighted by Gasteiger charge is 2.51. The molecule has 3 rings (SSSR count). The summed E-state index contributed by atoms with van der Waals surface area (Å²) in [6, 6.07) is 2.81. The van der Waals surface area contributed by atoms with Crippen molar-refractivity contribution in [1.29, 1.82) is 0 Å². The molecule has 2 N–H and O–H groups in total. The second-order valence-electron chi connectivity index (χ2n) is 4.88. The van der Waals surface area contributed by atoms with Gasteiger partial charge in [0.15, 0.2) is 5.76 Å². The van der Waals surface area contributed by atoms with Crippen molar-refractivity contribution in [1.82, 2.24) is 15.5 Å². The number of nitrogens with one attached hydrogen (secondary N) is 2. The molecule has 7 heteroatoms. The highest BCUT2D eigenvalue weighted by Crippen LogP contribution is 2.26. The largest absolute Gasteiger partial charge is 0.456 e. The van der Waals surface area contributed by atoms with Crippen molar-refractivity contribution in [3.05, 3.63) is 23.7 Å². The molecule has 1 spiro atoms. The van der Waals surface area contributed by atoms with Gasteiger partial charge in [0.2, 0.25) is 0 Å². The Balaban J connectivity index is 1.78. The molecule has 0 saturated carbocycles. The quantitative estimate of drug-likeness (QED) is 0.698. The van der Waals surface area contributed by atoms with Gasteiger partial charge in [-0.2, -0.15) is 0 Å². The van der Waals surface area contributed by atoms with E-state index in [2.05, 4.69) is 10.6 Å². The number of urea groups is 1. The number of rotatable bonds is 1. The summed E-state index contributed by atoms with van der Waals surface area (Å²) in [4.78, 5) is 36.7. The maximum absolute atomic E-state index is 12.2. The minimum atomic E-state index is -0.978. The van der Waals surface area contributed by atoms with E-state index in [0.29, 0.717) is 18.7 Å². The number of furan rings is 1. The lowest BCUT2D eigenvalue weighted by Crippen LogP contribution is -2.49. The third-order valence-corrected chi connectivity index (χ3v) is 3.52. The number of amides is 4. The molecule has 0 bridgehead atoms. The second kappa shape index (κ2) is 3.84. The van der Waals surface area contributed by atoms with Gasteiger partial charge in [-0.1, -0.05) is 0 Å². The van der Waals surface area contributed by atoms with Gasteiger partial charge in [0.25, 0.3) is 11.8 Å². The summed E-state index contributed by atoms with van der Waals surface area (Å²) in [6.45, 7) is 2.34. The molecule has 1 atom stereocenters. The van der Waals surface area contributed by atoms with E-state index < -0.39 is 11.6 Å². The van der Waals surface area contributed by atoms with Gasteiger partial charge in [-0.05, 0) is 25.5 Å². The lowest BCUT2D eigenvalue weighted by atomic mass is 10.00. The first-order valence-corrected chi connectivity index (χ1v) is 5.99. The number of aryl methyl sites for hydroxylation is 1. The van der Waals surface area contributed by atoms with Crippen LogP contribution in [0, 0.1) is 6.92 Å². The maximum Gasteiger partial charge on any atom is 0.322 e. The molecule has 7 nitrogen and oxygen atoms in total. The second-order valence-corrected chi connectivity index (χ2v) is 4.88. The molecule has 1 aromatic heterocycles. The van der Waals surface area contributed by atoms with Crippen LogP contribution in [0.15, 0.2) is 16.5 Å². The summed E-state index contributed by atoms with van der Waals surface area (Å²) in [6.07, 6.45) is 0.413.